The Hall–Kier alpha value is -3.81. The quantitative estimate of drug-likeness (QED) is 0.469. The highest BCUT2D eigenvalue weighted by molar-refractivity contribution is 5.96. The Morgan fingerprint density at radius 1 is 0.971 bits per heavy atom. The lowest BCUT2D eigenvalue weighted by atomic mass is 9.83. The van der Waals surface area contributed by atoms with E-state index in [0.717, 1.165) is 43.2 Å². The van der Waals surface area contributed by atoms with Crippen LogP contribution in [0.3, 0.4) is 0 Å². The number of hydrogen-bond donors (Lipinski definition) is 3. The van der Waals surface area contributed by atoms with Crippen molar-refractivity contribution >= 4 is 17.7 Å². The molecule has 0 aliphatic heterocycles. The largest absolute Gasteiger partial charge is 0.459 e. The van der Waals surface area contributed by atoms with E-state index in [9.17, 15) is 14.4 Å². The van der Waals surface area contributed by atoms with Crippen molar-refractivity contribution in [2.45, 2.75) is 44.7 Å². The fourth-order valence-electron chi connectivity index (χ4n) is 4.36. The number of rotatable bonds is 8. The van der Waals surface area contributed by atoms with Crippen LogP contribution < -0.4 is 16.0 Å². The van der Waals surface area contributed by atoms with Gasteiger partial charge in [0.2, 0.25) is 5.91 Å². The summed E-state index contributed by atoms with van der Waals surface area (Å²) in [4.78, 5) is 37.4. The molecule has 3 aromatic rings. The number of likely N-dealkylation sites (N-methyl/N-ethyl adjacent to an activating group) is 1. The summed E-state index contributed by atoms with van der Waals surface area (Å²) in [5, 5.41) is 8.35. The molecule has 1 atom stereocenters. The molecule has 0 radical (unpaired) electrons. The maximum absolute atomic E-state index is 12.9. The van der Waals surface area contributed by atoms with Gasteiger partial charge < -0.3 is 24.8 Å². The van der Waals surface area contributed by atoms with Crippen LogP contribution in [0.1, 0.15) is 58.8 Å². The molecule has 3 N–H and O–H groups in total. The van der Waals surface area contributed by atoms with Gasteiger partial charge in [-0.3, -0.25) is 14.4 Å². The van der Waals surface area contributed by atoms with Crippen molar-refractivity contribution in [1.29, 1.82) is 0 Å². The molecule has 1 fully saturated rings. The van der Waals surface area contributed by atoms with Gasteiger partial charge in [0.1, 0.15) is 11.8 Å². The molecule has 1 aliphatic carbocycles. The first kappa shape index (κ1) is 23.4. The van der Waals surface area contributed by atoms with Crippen LogP contribution in [0.4, 0.5) is 0 Å². The molecule has 1 saturated carbocycles. The molecule has 8 nitrogen and oxygen atoms in total. The van der Waals surface area contributed by atoms with Gasteiger partial charge in [0.05, 0.1) is 6.26 Å². The zero-order valence-corrected chi connectivity index (χ0v) is 19.1. The summed E-state index contributed by atoms with van der Waals surface area (Å²) >= 11 is 0. The normalized spacial score (nSPS) is 14.9. The first-order valence-corrected chi connectivity index (χ1v) is 11.6. The average Bonchev–Trinajstić information content (AvgIpc) is 3.59. The SMILES string of the molecule is CNC(=O)[C@H](NC(=O)c1ccc(-c2cccc(CNC(=O)c3ccco3)c2)o1)C1CCCCC1. The molecular weight excluding hydrogens is 434 g/mol. The van der Waals surface area contributed by atoms with E-state index in [1.165, 1.54) is 6.26 Å². The molecule has 2 aromatic heterocycles. The van der Waals surface area contributed by atoms with Gasteiger partial charge in [0.15, 0.2) is 11.5 Å². The van der Waals surface area contributed by atoms with E-state index < -0.39 is 11.9 Å². The van der Waals surface area contributed by atoms with E-state index in [0.29, 0.717) is 12.3 Å². The number of hydrogen-bond acceptors (Lipinski definition) is 5. The van der Waals surface area contributed by atoms with Gasteiger partial charge in [-0.15, -0.1) is 0 Å². The second-order valence-electron chi connectivity index (χ2n) is 8.49. The Labute approximate surface area is 198 Å². The minimum absolute atomic E-state index is 0.125. The van der Waals surface area contributed by atoms with Gasteiger partial charge in [-0.1, -0.05) is 37.5 Å². The lowest BCUT2D eigenvalue weighted by Gasteiger charge is -2.29. The molecule has 1 aromatic carbocycles. The maximum Gasteiger partial charge on any atom is 0.287 e. The monoisotopic (exact) mass is 463 g/mol. The van der Waals surface area contributed by atoms with E-state index in [-0.39, 0.29) is 29.3 Å². The molecule has 0 bridgehead atoms. The molecule has 0 saturated heterocycles. The fraction of sp³-hybridized carbons (Fsp3) is 0.346. The van der Waals surface area contributed by atoms with E-state index in [4.69, 9.17) is 8.83 Å². The topological polar surface area (TPSA) is 114 Å². The van der Waals surface area contributed by atoms with E-state index in [1.807, 2.05) is 24.3 Å². The third-order valence-electron chi connectivity index (χ3n) is 6.18. The maximum atomic E-state index is 12.9. The molecule has 8 heteroatoms. The van der Waals surface area contributed by atoms with Crippen molar-refractivity contribution in [3.63, 3.8) is 0 Å². The van der Waals surface area contributed by atoms with Gasteiger partial charge in [-0.2, -0.15) is 0 Å². The number of carbonyl (C=O) groups excluding carboxylic acids is 3. The van der Waals surface area contributed by atoms with Crippen LogP contribution in [-0.2, 0) is 11.3 Å². The first-order valence-electron chi connectivity index (χ1n) is 11.6. The summed E-state index contributed by atoms with van der Waals surface area (Å²) < 4.78 is 10.9. The molecule has 1 aliphatic rings. The van der Waals surface area contributed by atoms with Crippen LogP contribution in [0.2, 0.25) is 0 Å². The molecule has 0 spiro atoms. The Balaban J connectivity index is 1.42. The van der Waals surface area contributed by atoms with Gasteiger partial charge in [0, 0.05) is 19.2 Å². The van der Waals surface area contributed by atoms with Crippen molar-refractivity contribution in [2.24, 2.45) is 5.92 Å². The van der Waals surface area contributed by atoms with Crippen LogP contribution in [-0.4, -0.2) is 30.8 Å². The Kier molecular flexibility index (Phi) is 7.47. The highest BCUT2D eigenvalue weighted by Crippen LogP contribution is 2.28. The summed E-state index contributed by atoms with van der Waals surface area (Å²) in [6.45, 7) is 0.316. The number of furan rings is 2. The van der Waals surface area contributed by atoms with Crippen LogP contribution >= 0.6 is 0 Å². The smallest absolute Gasteiger partial charge is 0.287 e. The van der Waals surface area contributed by atoms with Crippen LogP contribution in [0, 0.1) is 5.92 Å². The summed E-state index contributed by atoms with van der Waals surface area (Å²) in [7, 11) is 1.58. The molecule has 4 rings (SSSR count). The Morgan fingerprint density at radius 2 is 1.79 bits per heavy atom. The minimum atomic E-state index is -0.576. The van der Waals surface area contributed by atoms with E-state index in [1.54, 1.807) is 31.3 Å². The lowest BCUT2D eigenvalue weighted by molar-refractivity contribution is -0.124. The van der Waals surface area contributed by atoms with Crippen molar-refractivity contribution in [3.05, 3.63) is 71.9 Å². The number of nitrogens with one attached hydrogen (secondary N) is 3. The zero-order valence-electron chi connectivity index (χ0n) is 19.1. The predicted molar refractivity (Wildman–Crippen MR) is 126 cm³/mol. The standard InChI is InChI=1S/C26H29N3O5/c1-27-26(32)23(18-8-3-2-4-9-18)29-25(31)22-13-12-20(34-22)19-10-5-7-17(15-19)16-28-24(30)21-11-6-14-33-21/h5-7,10-15,18,23H,2-4,8-9,16H2,1H3,(H,27,32)(H,28,30)(H,29,31)/t23-/m1/s1. The van der Waals surface area contributed by atoms with E-state index in [2.05, 4.69) is 16.0 Å². The molecular formula is C26H29N3O5. The van der Waals surface area contributed by atoms with Crippen molar-refractivity contribution in [3.8, 4) is 11.3 Å². The second kappa shape index (κ2) is 10.9. The van der Waals surface area contributed by atoms with Crippen molar-refractivity contribution < 1.29 is 23.2 Å². The zero-order chi connectivity index (χ0) is 23.9. The molecule has 34 heavy (non-hydrogen) atoms. The molecule has 2 heterocycles. The van der Waals surface area contributed by atoms with Crippen molar-refractivity contribution in [1.82, 2.24) is 16.0 Å². The number of carbonyl (C=O) groups is 3. The van der Waals surface area contributed by atoms with Crippen LogP contribution in [0.5, 0.6) is 0 Å². The molecule has 0 unspecified atom stereocenters. The molecule has 178 valence electrons. The summed E-state index contributed by atoms with van der Waals surface area (Å²) in [6.07, 6.45) is 6.59. The summed E-state index contributed by atoms with van der Waals surface area (Å²) in [5.74, 6) is 0.163. The van der Waals surface area contributed by atoms with Gasteiger partial charge >= 0.3 is 0 Å². The lowest BCUT2D eigenvalue weighted by Crippen LogP contribution is -2.50. The summed E-state index contributed by atoms with van der Waals surface area (Å²) in [6, 6.07) is 13.5. The third kappa shape index (κ3) is 5.57. The second-order valence-corrected chi connectivity index (χ2v) is 8.49. The Bertz CT molecular complexity index is 1130. The average molecular weight is 464 g/mol. The van der Waals surface area contributed by atoms with Crippen molar-refractivity contribution in [2.75, 3.05) is 7.05 Å². The van der Waals surface area contributed by atoms with Gasteiger partial charge in [-0.25, -0.2) is 0 Å². The highest BCUT2D eigenvalue weighted by atomic mass is 16.4. The van der Waals surface area contributed by atoms with Crippen LogP contribution in [0.25, 0.3) is 11.3 Å². The first-order chi connectivity index (χ1) is 16.5. The third-order valence-corrected chi connectivity index (χ3v) is 6.18. The number of amides is 3. The van der Waals surface area contributed by atoms with E-state index >= 15 is 0 Å². The van der Waals surface area contributed by atoms with Crippen LogP contribution in [0.15, 0.2) is 63.6 Å². The minimum Gasteiger partial charge on any atom is -0.459 e. The Morgan fingerprint density at radius 3 is 2.53 bits per heavy atom. The highest BCUT2D eigenvalue weighted by Gasteiger charge is 2.31. The summed E-state index contributed by atoms with van der Waals surface area (Å²) in [5.41, 5.74) is 1.65. The fourth-order valence-corrected chi connectivity index (χ4v) is 4.36. The van der Waals surface area contributed by atoms with Gasteiger partial charge in [-0.05, 0) is 54.7 Å². The van der Waals surface area contributed by atoms with Gasteiger partial charge in [0.25, 0.3) is 11.8 Å². The predicted octanol–water partition coefficient (Wildman–Crippen LogP) is 3.89. The molecule has 3 amide bonds. The number of benzene rings is 1.